The van der Waals surface area contributed by atoms with E-state index in [9.17, 15) is 9.59 Å². The van der Waals surface area contributed by atoms with Gasteiger partial charge in [-0.25, -0.2) is 4.79 Å². The lowest BCUT2D eigenvalue weighted by molar-refractivity contribution is -0.162. The Hall–Kier alpha value is -2.12. The maximum absolute atomic E-state index is 12.2. The molecule has 1 aromatic rings. The van der Waals surface area contributed by atoms with Gasteiger partial charge in [-0.05, 0) is 37.5 Å². The van der Waals surface area contributed by atoms with Gasteiger partial charge in [-0.1, -0.05) is 12.1 Å². The molecule has 7 nitrogen and oxygen atoms in total. The van der Waals surface area contributed by atoms with E-state index in [1.54, 1.807) is 14.0 Å². The highest BCUT2D eigenvalue weighted by Gasteiger charge is 2.22. The van der Waals surface area contributed by atoms with Gasteiger partial charge in [0, 0.05) is 40.0 Å². The van der Waals surface area contributed by atoms with Gasteiger partial charge in [-0.15, -0.1) is 0 Å². The van der Waals surface area contributed by atoms with Crippen LogP contribution in [0.15, 0.2) is 24.3 Å². The average molecular weight is 378 g/mol. The Morgan fingerprint density at radius 2 is 1.93 bits per heavy atom. The standard InChI is InChI=1S/C20H30N2O5/c1-15(26-13-18-6-5-11-25-18)20(24)27-14-19(23)22(4)12-16-7-9-17(10-8-16)21(2)3/h7-10,15,18H,5-6,11-14H2,1-4H3. The van der Waals surface area contributed by atoms with E-state index in [1.807, 2.05) is 43.3 Å². The third kappa shape index (κ3) is 6.84. The number of anilines is 1. The van der Waals surface area contributed by atoms with Crippen molar-refractivity contribution < 1.29 is 23.8 Å². The molecule has 0 radical (unpaired) electrons. The number of hydrogen-bond donors (Lipinski definition) is 0. The SMILES string of the molecule is CC(OCC1CCCO1)C(=O)OCC(=O)N(C)Cc1ccc(N(C)C)cc1. The molecule has 1 aliphatic rings. The largest absolute Gasteiger partial charge is 0.454 e. The molecule has 150 valence electrons. The number of rotatable bonds is 9. The van der Waals surface area contributed by atoms with Crippen LogP contribution >= 0.6 is 0 Å². The first-order valence-electron chi connectivity index (χ1n) is 9.27. The highest BCUT2D eigenvalue weighted by Crippen LogP contribution is 2.14. The number of carbonyl (C=O) groups excluding carboxylic acids is 2. The number of esters is 1. The third-order valence-corrected chi connectivity index (χ3v) is 4.52. The molecule has 2 unspecified atom stereocenters. The number of amides is 1. The highest BCUT2D eigenvalue weighted by molar-refractivity contribution is 5.81. The van der Waals surface area contributed by atoms with Crippen molar-refractivity contribution in [1.29, 1.82) is 0 Å². The van der Waals surface area contributed by atoms with E-state index in [2.05, 4.69) is 0 Å². The first kappa shape index (κ1) is 21.2. The monoisotopic (exact) mass is 378 g/mol. The summed E-state index contributed by atoms with van der Waals surface area (Å²) >= 11 is 0. The maximum atomic E-state index is 12.2. The minimum atomic E-state index is -0.717. The van der Waals surface area contributed by atoms with Crippen LogP contribution in [0.1, 0.15) is 25.3 Å². The number of likely N-dealkylation sites (N-methyl/N-ethyl adjacent to an activating group) is 1. The molecule has 1 aromatic carbocycles. The van der Waals surface area contributed by atoms with Crippen LogP contribution in [0.25, 0.3) is 0 Å². The molecule has 27 heavy (non-hydrogen) atoms. The van der Waals surface area contributed by atoms with Gasteiger partial charge in [0.15, 0.2) is 12.7 Å². The van der Waals surface area contributed by atoms with E-state index in [0.29, 0.717) is 13.2 Å². The molecule has 1 fully saturated rings. The molecule has 0 spiro atoms. The molecule has 1 heterocycles. The van der Waals surface area contributed by atoms with Crippen LogP contribution in [0.3, 0.4) is 0 Å². The van der Waals surface area contributed by atoms with Crippen LogP contribution in [0.2, 0.25) is 0 Å². The van der Waals surface area contributed by atoms with Gasteiger partial charge in [0.2, 0.25) is 0 Å². The average Bonchev–Trinajstić information content (AvgIpc) is 3.17. The molecule has 0 bridgehead atoms. The summed E-state index contributed by atoms with van der Waals surface area (Å²) in [6.07, 6.45) is 1.30. The molecule has 7 heteroatoms. The molecule has 0 N–H and O–H groups in total. The van der Waals surface area contributed by atoms with Crippen LogP contribution in [0.4, 0.5) is 5.69 Å². The second kappa shape index (κ2) is 10.3. The van der Waals surface area contributed by atoms with Gasteiger partial charge in [0.1, 0.15) is 0 Å². The summed E-state index contributed by atoms with van der Waals surface area (Å²) in [6.45, 7) is 2.89. The first-order chi connectivity index (χ1) is 12.9. The molecule has 0 saturated carbocycles. The third-order valence-electron chi connectivity index (χ3n) is 4.52. The van der Waals surface area contributed by atoms with Crippen molar-refractivity contribution >= 4 is 17.6 Å². The Bertz CT molecular complexity index is 611. The Labute approximate surface area is 161 Å². The molecule has 0 aromatic heterocycles. The Morgan fingerprint density at radius 1 is 1.22 bits per heavy atom. The lowest BCUT2D eigenvalue weighted by atomic mass is 10.2. The maximum Gasteiger partial charge on any atom is 0.335 e. The zero-order valence-corrected chi connectivity index (χ0v) is 16.6. The Morgan fingerprint density at radius 3 is 2.52 bits per heavy atom. The minimum absolute atomic E-state index is 0.0481. The van der Waals surface area contributed by atoms with E-state index < -0.39 is 12.1 Å². The molecule has 2 atom stereocenters. The van der Waals surface area contributed by atoms with Gasteiger partial charge in [0.25, 0.3) is 5.91 Å². The van der Waals surface area contributed by atoms with Crippen LogP contribution in [-0.2, 0) is 30.3 Å². The second-order valence-electron chi connectivity index (χ2n) is 7.03. The molecule has 0 aliphatic carbocycles. The van der Waals surface area contributed by atoms with Crippen molar-refractivity contribution in [2.24, 2.45) is 0 Å². The fraction of sp³-hybridized carbons (Fsp3) is 0.600. The van der Waals surface area contributed by atoms with Crippen molar-refractivity contribution in [3.05, 3.63) is 29.8 Å². The summed E-state index contributed by atoms with van der Waals surface area (Å²) in [4.78, 5) is 27.7. The van der Waals surface area contributed by atoms with Crippen LogP contribution < -0.4 is 4.90 Å². The smallest absolute Gasteiger partial charge is 0.335 e. The van der Waals surface area contributed by atoms with Crippen molar-refractivity contribution in [1.82, 2.24) is 4.90 Å². The molecular weight excluding hydrogens is 348 g/mol. The number of hydrogen-bond acceptors (Lipinski definition) is 6. The highest BCUT2D eigenvalue weighted by atomic mass is 16.6. The molecular formula is C20H30N2O5. The van der Waals surface area contributed by atoms with E-state index in [4.69, 9.17) is 14.2 Å². The van der Waals surface area contributed by atoms with Crippen LogP contribution in [0.5, 0.6) is 0 Å². The summed E-state index contributed by atoms with van der Waals surface area (Å²) in [5.41, 5.74) is 2.11. The van der Waals surface area contributed by atoms with E-state index in [1.165, 1.54) is 4.90 Å². The number of ether oxygens (including phenoxy) is 3. The summed E-state index contributed by atoms with van der Waals surface area (Å²) in [6, 6.07) is 7.96. The van der Waals surface area contributed by atoms with Gasteiger partial charge in [0.05, 0.1) is 12.7 Å². The van der Waals surface area contributed by atoms with E-state index in [0.717, 1.165) is 30.7 Å². The Balaban J connectivity index is 1.70. The zero-order valence-electron chi connectivity index (χ0n) is 16.6. The fourth-order valence-corrected chi connectivity index (χ4v) is 2.72. The molecule has 1 saturated heterocycles. The fourth-order valence-electron chi connectivity index (χ4n) is 2.72. The predicted molar refractivity (Wildman–Crippen MR) is 103 cm³/mol. The van der Waals surface area contributed by atoms with Gasteiger partial charge in [-0.3, -0.25) is 4.79 Å². The Kier molecular flexibility index (Phi) is 8.06. The summed E-state index contributed by atoms with van der Waals surface area (Å²) in [5, 5.41) is 0. The van der Waals surface area contributed by atoms with Crippen molar-refractivity contribution in [3.8, 4) is 0 Å². The summed E-state index contributed by atoms with van der Waals surface area (Å²) in [7, 11) is 5.64. The number of nitrogens with zero attached hydrogens (tertiary/aromatic N) is 2. The topological polar surface area (TPSA) is 68.3 Å². The normalized spacial score (nSPS) is 17.4. The van der Waals surface area contributed by atoms with E-state index in [-0.39, 0.29) is 18.6 Å². The number of carbonyl (C=O) groups is 2. The molecule has 1 amide bonds. The lowest BCUT2D eigenvalue weighted by Crippen LogP contribution is -2.33. The van der Waals surface area contributed by atoms with Crippen molar-refractivity contribution in [2.45, 2.75) is 38.5 Å². The molecule has 1 aliphatic heterocycles. The zero-order chi connectivity index (χ0) is 19.8. The summed E-state index contributed by atoms with van der Waals surface area (Å²) < 4.78 is 16.0. The van der Waals surface area contributed by atoms with Gasteiger partial charge in [-0.2, -0.15) is 0 Å². The lowest BCUT2D eigenvalue weighted by Gasteiger charge is -2.19. The predicted octanol–water partition coefficient (Wildman–Crippen LogP) is 1.84. The van der Waals surface area contributed by atoms with Crippen molar-refractivity contribution in [3.63, 3.8) is 0 Å². The van der Waals surface area contributed by atoms with E-state index >= 15 is 0 Å². The first-order valence-corrected chi connectivity index (χ1v) is 9.27. The summed E-state index contributed by atoms with van der Waals surface area (Å²) in [5.74, 6) is -0.795. The van der Waals surface area contributed by atoms with Gasteiger partial charge >= 0.3 is 5.97 Å². The molecule has 2 rings (SSSR count). The van der Waals surface area contributed by atoms with Gasteiger partial charge < -0.3 is 24.0 Å². The second-order valence-corrected chi connectivity index (χ2v) is 7.03. The van der Waals surface area contributed by atoms with Crippen LogP contribution in [-0.4, -0.2) is 69.9 Å². The number of benzene rings is 1. The quantitative estimate of drug-likeness (QED) is 0.611. The van der Waals surface area contributed by atoms with Crippen molar-refractivity contribution in [2.75, 3.05) is 45.9 Å². The minimum Gasteiger partial charge on any atom is -0.454 e. The van der Waals surface area contributed by atoms with Crippen LogP contribution in [0, 0.1) is 0 Å².